The minimum absolute atomic E-state index is 0.0438. The number of nitrogens with one attached hydrogen (secondary N) is 2. The molecule has 3 rings (SSSR count). The van der Waals surface area contributed by atoms with Gasteiger partial charge in [0.2, 0.25) is 5.91 Å². The number of halogens is 3. The number of hydrogen-bond donors (Lipinski definition) is 2. The number of carbonyl (C=O) groups is 2. The Hall–Kier alpha value is -3.78. The molecule has 35 heavy (non-hydrogen) atoms. The van der Waals surface area contributed by atoms with Crippen LogP contribution in [0.4, 0.5) is 29.3 Å². The van der Waals surface area contributed by atoms with Gasteiger partial charge in [0.1, 0.15) is 6.04 Å². The Bertz CT molecular complexity index is 1100. The first-order chi connectivity index (χ1) is 16.6. The van der Waals surface area contributed by atoms with E-state index < -0.39 is 35.3 Å². The lowest BCUT2D eigenvalue weighted by atomic mass is 10.0. The van der Waals surface area contributed by atoms with Crippen molar-refractivity contribution in [3.05, 3.63) is 59.2 Å². The number of hydrogen-bond acceptors (Lipinski definition) is 5. The molecule has 0 radical (unpaired) electrons. The van der Waals surface area contributed by atoms with Crippen molar-refractivity contribution in [2.24, 2.45) is 0 Å². The van der Waals surface area contributed by atoms with Crippen molar-refractivity contribution in [3.63, 3.8) is 0 Å². The Morgan fingerprint density at radius 3 is 2.51 bits per heavy atom. The molecule has 2 N–H and O–H groups in total. The van der Waals surface area contributed by atoms with Crippen LogP contribution in [0.25, 0.3) is 0 Å². The monoisotopic (exact) mass is 489 g/mol. The second kappa shape index (κ2) is 11.1. The molecule has 1 aliphatic rings. The van der Waals surface area contributed by atoms with E-state index in [2.05, 4.69) is 10.6 Å². The minimum atomic E-state index is -4.73. The molecule has 1 heterocycles. The van der Waals surface area contributed by atoms with Crippen molar-refractivity contribution >= 4 is 23.3 Å². The van der Waals surface area contributed by atoms with Crippen LogP contribution in [0.5, 0.6) is 0 Å². The Balaban J connectivity index is 1.85. The summed E-state index contributed by atoms with van der Waals surface area (Å²) in [6.07, 6.45) is -4.73. The number of alkyl halides is 3. The highest BCUT2D eigenvalue weighted by Gasteiger charge is 2.38. The second-order valence-electron chi connectivity index (χ2n) is 8.07. The van der Waals surface area contributed by atoms with Gasteiger partial charge in [-0.15, -0.1) is 0 Å². The number of nitriles is 1. The van der Waals surface area contributed by atoms with Crippen LogP contribution in [0, 0.1) is 18.3 Å². The Morgan fingerprint density at radius 2 is 1.89 bits per heavy atom. The zero-order valence-electron chi connectivity index (χ0n) is 19.4. The smallest absolute Gasteiger partial charge is 0.383 e. The number of aryl methyl sites for hydroxylation is 1. The standard InChI is InChI=1S/C24H26F3N5O3/c1-16-3-6-18(7-4-16)30-23(34)31-10-11-32(21(15-31)22(33)29-9-12-35-2)19-8-5-17(14-28)20(13-19)24(25,26)27/h3-8,13,21H,9-12,15H2,1-2H3,(H,29,33)(H,30,34). The van der Waals surface area contributed by atoms with Gasteiger partial charge in [-0.1, -0.05) is 17.7 Å². The highest BCUT2D eigenvalue weighted by atomic mass is 19.4. The summed E-state index contributed by atoms with van der Waals surface area (Å²) in [5.41, 5.74) is 0.187. The topological polar surface area (TPSA) is 97.7 Å². The van der Waals surface area contributed by atoms with E-state index in [4.69, 9.17) is 10.00 Å². The van der Waals surface area contributed by atoms with Crippen molar-refractivity contribution in [1.82, 2.24) is 10.2 Å². The number of methoxy groups -OCH3 is 1. The van der Waals surface area contributed by atoms with Crippen LogP contribution in [-0.2, 0) is 15.7 Å². The van der Waals surface area contributed by atoms with Gasteiger partial charge < -0.3 is 25.2 Å². The Kier molecular flexibility index (Phi) is 8.19. The van der Waals surface area contributed by atoms with Crippen molar-refractivity contribution < 1.29 is 27.5 Å². The lowest BCUT2D eigenvalue weighted by Gasteiger charge is -2.42. The summed E-state index contributed by atoms with van der Waals surface area (Å²) < 4.78 is 45.5. The number of rotatable bonds is 6. The Morgan fingerprint density at radius 1 is 1.17 bits per heavy atom. The van der Waals surface area contributed by atoms with E-state index in [0.29, 0.717) is 5.69 Å². The van der Waals surface area contributed by atoms with E-state index in [1.54, 1.807) is 18.2 Å². The summed E-state index contributed by atoms with van der Waals surface area (Å²) in [5.74, 6) is -0.451. The van der Waals surface area contributed by atoms with E-state index in [-0.39, 0.29) is 38.5 Å². The predicted molar refractivity (Wildman–Crippen MR) is 124 cm³/mol. The van der Waals surface area contributed by atoms with Gasteiger partial charge in [-0.25, -0.2) is 4.79 Å². The quantitative estimate of drug-likeness (QED) is 0.607. The molecule has 0 aromatic heterocycles. The summed E-state index contributed by atoms with van der Waals surface area (Å²) in [5, 5.41) is 14.6. The SMILES string of the molecule is COCCNC(=O)C1CN(C(=O)Nc2ccc(C)cc2)CCN1c1ccc(C#N)c(C(F)(F)F)c1. The van der Waals surface area contributed by atoms with E-state index in [9.17, 15) is 22.8 Å². The Labute approximate surface area is 201 Å². The van der Waals surface area contributed by atoms with E-state index in [0.717, 1.165) is 17.7 Å². The molecule has 0 bridgehead atoms. The van der Waals surface area contributed by atoms with Gasteiger partial charge in [0.15, 0.2) is 0 Å². The van der Waals surface area contributed by atoms with Crippen LogP contribution in [0.2, 0.25) is 0 Å². The van der Waals surface area contributed by atoms with Crippen LogP contribution < -0.4 is 15.5 Å². The van der Waals surface area contributed by atoms with Crippen LogP contribution in [0.15, 0.2) is 42.5 Å². The first-order valence-corrected chi connectivity index (χ1v) is 10.9. The summed E-state index contributed by atoms with van der Waals surface area (Å²) in [6.45, 7) is 2.64. The average Bonchev–Trinajstić information content (AvgIpc) is 2.84. The van der Waals surface area contributed by atoms with Gasteiger partial charge in [0.25, 0.3) is 0 Å². The van der Waals surface area contributed by atoms with Gasteiger partial charge in [0, 0.05) is 38.1 Å². The number of urea groups is 1. The zero-order valence-corrected chi connectivity index (χ0v) is 19.4. The van der Waals surface area contributed by atoms with E-state index >= 15 is 0 Å². The maximum Gasteiger partial charge on any atom is 0.417 e. The number of nitrogens with zero attached hydrogens (tertiary/aromatic N) is 3. The summed E-state index contributed by atoms with van der Waals surface area (Å²) in [6, 6.07) is 10.8. The number of ether oxygens (including phenoxy) is 1. The first kappa shape index (κ1) is 25.8. The molecule has 186 valence electrons. The summed E-state index contributed by atoms with van der Waals surface area (Å²) in [4.78, 5) is 28.8. The van der Waals surface area contributed by atoms with Crippen LogP contribution in [-0.4, -0.2) is 62.8 Å². The molecule has 1 saturated heterocycles. The van der Waals surface area contributed by atoms with Gasteiger partial charge in [-0.05, 0) is 37.3 Å². The highest BCUT2D eigenvalue weighted by Crippen LogP contribution is 2.35. The molecule has 8 nitrogen and oxygen atoms in total. The molecular weight excluding hydrogens is 463 g/mol. The second-order valence-corrected chi connectivity index (χ2v) is 8.07. The van der Waals surface area contributed by atoms with Crippen LogP contribution in [0.3, 0.4) is 0 Å². The number of carbonyl (C=O) groups excluding carboxylic acids is 2. The van der Waals surface area contributed by atoms with Crippen molar-refractivity contribution in [3.8, 4) is 6.07 Å². The molecular formula is C24H26F3N5O3. The first-order valence-electron chi connectivity index (χ1n) is 10.9. The molecule has 11 heteroatoms. The van der Waals surface area contributed by atoms with E-state index in [1.807, 2.05) is 19.1 Å². The molecule has 1 unspecified atom stereocenters. The summed E-state index contributed by atoms with van der Waals surface area (Å²) >= 11 is 0. The third kappa shape index (κ3) is 6.42. The number of amides is 3. The lowest BCUT2D eigenvalue weighted by molar-refractivity contribution is -0.137. The number of benzene rings is 2. The molecule has 1 aliphatic heterocycles. The fraction of sp³-hybridized carbons (Fsp3) is 0.375. The van der Waals surface area contributed by atoms with E-state index in [1.165, 1.54) is 23.0 Å². The molecule has 0 saturated carbocycles. The number of piperazine rings is 1. The maximum absolute atomic E-state index is 13.5. The highest BCUT2D eigenvalue weighted by molar-refractivity contribution is 5.91. The molecule has 2 aromatic rings. The fourth-order valence-electron chi connectivity index (χ4n) is 3.78. The van der Waals surface area contributed by atoms with Crippen LogP contribution >= 0.6 is 0 Å². The van der Waals surface area contributed by atoms with Crippen molar-refractivity contribution in [2.75, 3.05) is 50.1 Å². The fourth-order valence-corrected chi connectivity index (χ4v) is 3.78. The third-order valence-electron chi connectivity index (χ3n) is 5.64. The largest absolute Gasteiger partial charge is 0.417 e. The van der Waals surface area contributed by atoms with Crippen molar-refractivity contribution in [2.45, 2.75) is 19.1 Å². The van der Waals surface area contributed by atoms with Crippen molar-refractivity contribution in [1.29, 1.82) is 5.26 Å². The van der Waals surface area contributed by atoms with Gasteiger partial charge >= 0.3 is 12.2 Å². The maximum atomic E-state index is 13.5. The van der Waals surface area contributed by atoms with Gasteiger partial charge in [-0.3, -0.25) is 4.79 Å². The third-order valence-corrected chi connectivity index (χ3v) is 5.64. The predicted octanol–water partition coefficient (Wildman–Crippen LogP) is 3.37. The lowest BCUT2D eigenvalue weighted by Crippen LogP contribution is -2.61. The zero-order chi connectivity index (χ0) is 25.6. The molecule has 1 atom stereocenters. The molecule has 0 aliphatic carbocycles. The minimum Gasteiger partial charge on any atom is -0.383 e. The van der Waals surface area contributed by atoms with Gasteiger partial charge in [-0.2, -0.15) is 18.4 Å². The normalized spacial score (nSPS) is 15.9. The molecule has 1 fully saturated rings. The number of anilines is 2. The van der Waals surface area contributed by atoms with Crippen LogP contribution in [0.1, 0.15) is 16.7 Å². The van der Waals surface area contributed by atoms with Gasteiger partial charge in [0.05, 0.1) is 30.3 Å². The molecule has 2 aromatic carbocycles. The molecule has 0 spiro atoms. The summed E-state index contributed by atoms with van der Waals surface area (Å²) in [7, 11) is 1.48. The average molecular weight is 489 g/mol. The molecule has 3 amide bonds.